The highest BCUT2D eigenvalue weighted by molar-refractivity contribution is 5.62. The lowest BCUT2D eigenvalue weighted by molar-refractivity contribution is 0.249. The van der Waals surface area contributed by atoms with Crippen LogP contribution in [0.5, 0.6) is 0 Å². The van der Waals surface area contributed by atoms with E-state index in [1.165, 1.54) is 12.1 Å². The molecule has 5 nitrogen and oxygen atoms in total. The van der Waals surface area contributed by atoms with E-state index in [4.69, 9.17) is 0 Å². The third-order valence-corrected chi connectivity index (χ3v) is 4.59. The quantitative estimate of drug-likeness (QED) is 0.795. The fourth-order valence-electron chi connectivity index (χ4n) is 3.21. The fraction of sp³-hybridized carbons (Fsp3) is 0.263. The van der Waals surface area contributed by atoms with Gasteiger partial charge in [0.05, 0.1) is 11.9 Å². The van der Waals surface area contributed by atoms with Crippen LogP contribution in [0.2, 0.25) is 0 Å². The second-order valence-corrected chi connectivity index (χ2v) is 6.23. The summed E-state index contributed by atoms with van der Waals surface area (Å²) in [6.45, 7) is 4.70. The van der Waals surface area contributed by atoms with Gasteiger partial charge in [0.2, 0.25) is 0 Å². The highest BCUT2D eigenvalue weighted by Crippen LogP contribution is 2.23. The van der Waals surface area contributed by atoms with Gasteiger partial charge in [0.25, 0.3) is 0 Å². The molecule has 0 unspecified atom stereocenters. The number of benzene rings is 1. The number of H-pyrrole nitrogens is 1. The number of halogens is 1. The number of aromatic nitrogens is 3. The average Bonchev–Trinajstić information content (AvgIpc) is 3.12. The Kier molecular flexibility index (Phi) is 4.43. The summed E-state index contributed by atoms with van der Waals surface area (Å²) in [4.78, 5) is 9.15. The first-order valence-corrected chi connectivity index (χ1v) is 8.46. The Balaban J connectivity index is 1.41. The number of aromatic amines is 1. The van der Waals surface area contributed by atoms with Crippen LogP contribution in [0.4, 0.5) is 10.2 Å². The van der Waals surface area contributed by atoms with E-state index in [0.717, 1.165) is 55.4 Å². The molecule has 0 aliphatic carbocycles. The van der Waals surface area contributed by atoms with Crippen molar-refractivity contribution in [1.82, 2.24) is 20.1 Å². The van der Waals surface area contributed by atoms with E-state index in [2.05, 4.69) is 31.0 Å². The SMILES string of the molecule is Fc1ccc(-c2[nH]ncc2CN2CCN(c3ccccn3)CC2)cc1. The van der Waals surface area contributed by atoms with E-state index in [0.29, 0.717) is 0 Å². The van der Waals surface area contributed by atoms with Crippen molar-refractivity contribution in [3.05, 3.63) is 66.2 Å². The predicted molar refractivity (Wildman–Crippen MR) is 95.7 cm³/mol. The van der Waals surface area contributed by atoms with E-state index < -0.39 is 0 Å². The Bertz CT molecular complexity index is 807. The minimum absolute atomic E-state index is 0.226. The normalized spacial score (nSPS) is 15.5. The Morgan fingerprint density at radius 2 is 1.80 bits per heavy atom. The van der Waals surface area contributed by atoms with E-state index in [-0.39, 0.29) is 5.82 Å². The molecule has 25 heavy (non-hydrogen) atoms. The summed E-state index contributed by atoms with van der Waals surface area (Å²) in [5, 5.41) is 7.23. The molecule has 0 atom stereocenters. The molecule has 128 valence electrons. The number of nitrogens with zero attached hydrogens (tertiary/aromatic N) is 4. The zero-order valence-electron chi connectivity index (χ0n) is 13.9. The number of nitrogens with one attached hydrogen (secondary N) is 1. The Labute approximate surface area is 146 Å². The monoisotopic (exact) mass is 337 g/mol. The van der Waals surface area contributed by atoms with Crippen molar-refractivity contribution in [2.45, 2.75) is 6.54 Å². The smallest absolute Gasteiger partial charge is 0.128 e. The van der Waals surface area contributed by atoms with Crippen molar-refractivity contribution in [3.63, 3.8) is 0 Å². The van der Waals surface area contributed by atoms with Gasteiger partial charge in [0.15, 0.2) is 0 Å². The van der Waals surface area contributed by atoms with Crippen LogP contribution in [0, 0.1) is 5.82 Å². The largest absolute Gasteiger partial charge is 0.354 e. The van der Waals surface area contributed by atoms with E-state index in [1.807, 2.05) is 24.5 Å². The molecule has 6 heteroatoms. The molecule has 0 radical (unpaired) electrons. The van der Waals surface area contributed by atoms with E-state index in [9.17, 15) is 4.39 Å². The van der Waals surface area contributed by atoms with Crippen LogP contribution >= 0.6 is 0 Å². The van der Waals surface area contributed by atoms with Crippen LogP contribution in [0.25, 0.3) is 11.3 Å². The second kappa shape index (κ2) is 7.03. The van der Waals surface area contributed by atoms with Crippen LogP contribution in [-0.2, 0) is 6.54 Å². The third-order valence-electron chi connectivity index (χ3n) is 4.59. The average molecular weight is 337 g/mol. The third kappa shape index (κ3) is 3.53. The number of hydrogen-bond acceptors (Lipinski definition) is 4. The summed E-state index contributed by atoms with van der Waals surface area (Å²) in [5.74, 6) is 0.813. The first-order valence-electron chi connectivity index (χ1n) is 8.46. The summed E-state index contributed by atoms with van der Waals surface area (Å²) in [7, 11) is 0. The highest BCUT2D eigenvalue weighted by Gasteiger charge is 2.19. The van der Waals surface area contributed by atoms with Gasteiger partial charge in [-0.1, -0.05) is 6.07 Å². The molecule has 1 saturated heterocycles. The zero-order chi connectivity index (χ0) is 17.1. The maximum absolute atomic E-state index is 13.1. The van der Waals surface area contributed by atoms with Crippen molar-refractivity contribution in [2.75, 3.05) is 31.1 Å². The van der Waals surface area contributed by atoms with Gasteiger partial charge in [-0.25, -0.2) is 9.37 Å². The summed E-state index contributed by atoms with van der Waals surface area (Å²) in [6, 6.07) is 12.5. The molecule has 4 rings (SSSR count). The van der Waals surface area contributed by atoms with Gasteiger partial charge in [-0.3, -0.25) is 10.00 Å². The van der Waals surface area contributed by atoms with Gasteiger partial charge in [0, 0.05) is 50.0 Å². The Morgan fingerprint density at radius 3 is 2.52 bits per heavy atom. The Morgan fingerprint density at radius 1 is 1.00 bits per heavy atom. The number of anilines is 1. The first kappa shape index (κ1) is 15.8. The molecule has 0 spiro atoms. The van der Waals surface area contributed by atoms with Gasteiger partial charge in [0.1, 0.15) is 11.6 Å². The zero-order valence-corrected chi connectivity index (χ0v) is 13.9. The van der Waals surface area contributed by atoms with Crippen molar-refractivity contribution < 1.29 is 4.39 Å². The molecule has 0 bridgehead atoms. The van der Waals surface area contributed by atoms with Crippen molar-refractivity contribution in [3.8, 4) is 11.3 Å². The number of piperazine rings is 1. The maximum atomic E-state index is 13.1. The van der Waals surface area contributed by atoms with Crippen molar-refractivity contribution in [2.24, 2.45) is 0 Å². The summed E-state index contributed by atoms with van der Waals surface area (Å²) >= 11 is 0. The minimum Gasteiger partial charge on any atom is -0.354 e. The van der Waals surface area contributed by atoms with Crippen LogP contribution in [-0.4, -0.2) is 46.3 Å². The molecule has 3 heterocycles. The summed E-state index contributed by atoms with van der Waals surface area (Å²) < 4.78 is 13.1. The van der Waals surface area contributed by atoms with Crippen LogP contribution in [0.15, 0.2) is 54.9 Å². The standard InChI is InChI=1S/C19H20FN5/c20-17-6-4-15(5-7-17)19-16(13-22-23-19)14-24-9-11-25(12-10-24)18-3-1-2-8-21-18/h1-8,13H,9-12,14H2,(H,22,23). The second-order valence-electron chi connectivity index (χ2n) is 6.23. The van der Waals surface area contributed by atoms with Gasteiger partial charge < -0.3 is 4.90 Å². The molecule has 0 amide bonds. The first-order chi connectivity index (χ1) is 12.3. The van der Waals surface area contributed by atoms with Crippen molar-refractivity contribution in [1.29, 1.82) is 0 Å². The summed E-state index contributed by atoms with van der Waals surface area (Å²) in [6.07, 6.45) is 3.70. The van der Waals surface area contributed by atoms with Crippen LogP contribution in [0.3, 0.4) is 0 Å². The van der Waals surface area contributed by atoms with Crippen LogP contribution in [0.1, 0.15) is 5.56 Å². The van der Waals surface area contributed by atoms with Crippen molar-refractivity contribution >= 4 is 5.82 Å². The lowest BCUT2D eigenvalue weighted by atomic mass is 10.1. The lowest BCUT2D eigenvalue weighted by Gasteiger charge is -2.35. The molecule has 3 aromatic rings. The highest BCUT2D eigenvalue weighted by atomic mass is 19.1. The molecular weight excluding hydrogens is 317 g/mol. The van der Waals surface area contributed by atoms with E-state index >= 15 is 0 Å². The molecule has 0 saturated carbocycles. The molecule has 1 aromatic carbocycles. The number of hydrogen-bond donors (Lipinski definition) is 1. The molecule has 1 N–H and O–H groups in total. The van der Waals surface area contributed by atoms with Gasteiger partial charge in [-0.2, -0.15) is 5.10 Å². The van der Waals surface area contributed by atoms with Gasteiger partial charge in [-0.05, 0) is 36.4 Å². The molecule has 1 aliphatic rings. The number of pyridine rings is 1. The number of rotatable bonds is 4. The fourth-order valence-corrected chi connectivity index (χ4v) is 3.21. The topological polar surface area (TPSA) is 48.1 Å². The van der Waals surface area contributed by atoms with Gasteiger partial charge >= 0.3 is 0 Å². The van der Waals surface area contributed by atoms with Gasteiger partial charge in [-0.15, -0.1) is 0 Å². The molecular formula is C19H20FN5. The molecule has 2 aromatic heterocycles. The lowest BCUT2D eigenvalue weighted by Crippen LogP contribution is -2.46. The Hall–Kier alpha value is -2.73. The minimum atomic E-state index is -0.226. The molecule has 1 fully saturated rings. The van der Waals surface area contributed by atoms with Crippen LogP contribution < -0.4 is 4.90 Å². The van der Waals surface area contributed by atoms with E-state index in [1.54, 1.807) is 12.1 Å². The maximum Gasteiger partial charge on any atom is 0.128 e. The predicted octanol–water partition coefficient (Wildman–Crippen LogP) is 2.93. The summed E-state index contributed by atoms with van der Waals surface area (Å²) in [5.41, 5.74) is 3.06. The molecule has 1 aliphatic heterocycles.